The molecule has 0 aromatic heterocycles. The Bertz CT molecular complexity index is 568. The van der Waals surface area contributed by atoms with Gasteiger partial charge in [0.1, 0.15) is 0 Å². The van der Waals surface area contributed by atoms with Gasteiger partial charge in [0.25, 0.3) is 0 Å². The van der Waals surface area contributed by atoms with Gasteiger partial charge in [0.05, 0.1) is 0 Å². The molecule has 0 aromatic carbocycles. The topological polar surface area (TPSA) is 46.2 Å². The number of nitrogens with two attached hydrogens (primary N) is 1. The Morgan fingerprint density at radius 3 is 2.48 bits per heavy atom. The average molecular weight is 430 g/mol. The van der Waals surface area contributed by atoms with Crippen LogP contribution in [0.2, 0.25) is 0 Å². The van der Waals surface area contributed by atoms with Crippen molar-refractivity contribution < 1.29 is 26.3 Å². The summed E-state index contributed by atoms with van der Waals surface area (Å²) >= 11 is -0.178. The molecule has 0 spiro atoms. The number of halogens is 1. The normalized spacial score (nSPS) is 69.0. The molecule has 23 heavy (non-hydrogen) atoms. The summed E-state index contributed by atoms with van der Waals surface area (Å²) in [6.07, 6.45) is 5.17. The first-order chi connectivity index (χ1) is 10.8. The fraction of sp³-hybridized carbons (Fsp3) is 1.00. The van der Waals surface area contributed by atoms with Crippen molar-refractivity contribution in [2.75, 3.05) is 11.0 Å². The second-order valence-corrected chi connectivity index (χ2v) is 13.2. The standard InChI is InChI=1S/C20H33INO/c1-5-20(23)19-8-18(19,12(3)13(19)4)15-7-17(10-22,9-21-20)16(15)14-6-11(14)2/h11-16,23H,5-10,22H2,1-4H3/q-1/t11?,12?,13?,14?,15?,16?,17?,18?,19-,20?/m1/s1. The van der Waals surface area contributed by atoms with Crippen molar-refractivity contribution in [2.24, 2.45) is 57.5 Å². The van der Waals surface area contributed by atoms with E-state index in [0.29, 0.717) is 16.2 Å². The van der Waals surface area contributed by atoms with Gasteiger partial charge >= 0.3 is 152 Å². The maximum atomic E-state index is 11.7. The fourth-order valence-corrected chi connectivity index (χ4v) is 13.2. The van der Waals surface area contributed by atoms with E-state index in [9.17, 15) is 5.11 Å². The molecule has 2 bridgehead atoms. The predicted molar refractivity (Wildman–Crippen MR) is 88.3 cm³/mol. The van der Waals surface area contributed by atoms with E-state index in [0.717, 1.165) is 48.5 Å². The van der Waals surface area contributed by atoms with Gasteiger partial charge < -0.3 is 0 Å². The molecule has 132 valence electrons. The molecule has 2 saturated heterocycles. The Hall–Kier alpha value is 0.650. The van der Waals surface area contributed by atoms with Crippen LogP contribution in [-0.2, 0) is 0 Å². The Morgan fingerprint density at radius 1 is 1.22 bits per heavy atom. The van der Waals surface area contributed by atoms with Crippen LogP contribution in [0.3, 0.4) is 0 Å². The van der Waals surface area contributed by atoms with Crippen LogP contribution >= 0.6 is 0 Å². The van der Waals surface area contributed by atoms with Crippen LogP contribution in [-0.4, -0.2) is 19.7 Å². The molecule has 0 radical (unpaired) electrons. The average Bonchev–Trinajstić information content (AvgIpc) is 3.39. The number of aliphatic hydroxyl groups is 1. The molecular formula is C20H33INO-. The molecule has 4 saturated carbocycles. The third kappa shape index (κ3) is 1.41. The van der Waals surface area contributed by atoms with Crippen molar-refractivity contribution in [1.29, 1.82) is 0 Å². The zero-order chi connectivity index (χ0) is 16.4. The van der Waals surface area contributed by atoms with Crippen LogP contribution in [0, 0.1) is 51.8 Å². The molecule has 0 aromatic rings. The molecule has 0 amide bonds. The first-order valence-electron chi connectivity index (χ1n) is 9.86. The van der Waals surface area contributed by atoms with Crippen molar-refractivity contribution in [3.8, 4) is 0 Å². The Morgan fingerprint density at radius 2 is 1.91 bits per heavy atom. The molecular weight excluding hydrogens is 397 g/mol. The van der Waals surface area contributed by atoms with Crippen molar-refractivity contribution in [3.05, 3.63) is 0 Å². The Balaban J connectivity index is 1.59. The van der Waals surface area contributed by atoms with Gasteiger partial charge in [-0.1, -0.05) is 0 Å². The van der Waals surface area contributed by atoms with Crippen LogP contribution in [0.5, 0.6) is 0 Å². The molecule has 6 fully saturated rings. The third-order valence-electron chi connectivity index (χ3n) is 9.79. The van der Waals surface area contributed by atoms with Crippen LogP contribution in [0.1, 0.15) is 53.4 Å². The quantitative estimate of drug-likeness (QED) is 0.493. The summed E-state index contributed by atoms with van der Waals surface area (Å²) in [4.78, 5) is 0. The van der Waals surface area contributed by atoms with Crippen molar-refractivity contribution in [3.63, 3.8) is 0 Å². The summed E-state index contributed by atoms with van der Waals surface area (Å²) in [7, 11) is 0. The second kappa shape index (κ2) is 4.31. The molecule has 6 rings (SSSR count). The van der Waals surface area contributed by atoms with Crippen molar-refractivity contribution >= 4 is 0 Å². The van der Waals surface area contributed by atoms with E-state index in [2.05, 4.69) is 27.7 Å². The molecule has 3 N–H and O–H groups in total. The van der Waals surface area contributed by atoms with E-state index in [1.165, 1.54) is 23.7 Å². The van der Waals surface area contributed by atoms with Gasteiger partial charge in [-0.2, -0.15) is 0 Å². The monoisotopic (exact) mass is 430 g/mol. The fourth-order valence-electron chi connectivity index (χ4n) is 8.25. The molecule has 2 heterocycles. The molecule has 4 aliphatic carbocycles. The summed E-state index contributed by atoms with van der Waals surface area (Å²) in [6.45, 7) is 10.5. The molecule has 9 unspecified atom stereocenters. The maximum absolute atomic E-state index is 11.7. The second-order valence-electron chi connectivity index (χ2n) is 9.93. The van der Waals surface area contributed by atoms with E-state index >= 15 is 0 Å². The Kier molecular flexibility index (Phi) is 2.97. The van der Waals surface area contributed by atoms with Crippen molar-refractivity contribution in [1.82, 2.24) is 0 Å². The van der Waals surface area contributed by atoms with E-state index in [1.807, 2.05) is 0 Å². The van der Waals surface area contributed by atoms with E-state index < -0.39 is 0 Å². The summed E-state index contributed by atoms with van der Waals surface area (Å²) in [6, 6.07) is 0. The van der Waals surface area contributed by atoms with Gasteiger partial charge in [0, 0.05) is 0 Å². The molecule has 2 nitrogen and oxygen atoms in total. The summed E-state index contributed by atoms with van der Waals surface area (Å²) in [5.74, 6) is 5.24. The molecule has 6 aliphatic rings. The number of hydrogen-bond donors (Lipinski definition) is 2. The zero-order valence-corrected chi connectivity index (χ0v) is 17.3. The number of hydrogen-bond acceptors (Lipinski definition) is 2. The molecule has 3 heteroatoms. The van der Waals surface area contributed by atoms with Gasteiger partial charge in [-0.05, 0) is 0 Å². The van der Waals surface area contributed by atoms with Gasteiger partial charge in [-0.15, -0.1) is 0 Å². The summed E-state index contributed by atoms with van der Waals surface area (Å²) in [5.41, 5.74) is 7.61. The van der Waals surface area contributed by atoms with E-state index in [-0.39, 0.29) is 24.8 Å². The minimum atomic E-state index is -0.308. The third-order valence-corrected chi connectivity index (χ3v) is 14.7. The van der Waals surface area contributed by atoms with Crippen LogP contribution in [0.4, 0.5) is 0 Å². The molecule has 10 atom stereocenters. The first-order valence-corrected chi connectivity index (χ1v) is 12.5. The van der Waals surface area contributed by atoms with E-state index in [1.54, 1.807) is 0 Å². The number of fused-ring (bicyclic) bond motifs is 2. The van der Waals surface area contributed by atoms with Gasteiger partial charge in [-0.3, -0.25) is 0 Å². The molecule has 2 aliphatic heterocycles. The number of alkyl halides is 2. The van der Waals surface area contributed by atoms with Crippen molar-refractivity contribution in [2.45, 2.75) is 57.0 Å². The van der Waals surface area contributed by atoms with Crippen LogP contribution in [0.15, 0.2) is 0 Å². The SMILES string of the molecule is CCC1(O)[I-]CC2(CN)CC(C2C2CC2C)C23C[C@]12C(C)C3C. The van der Waals surface area contributed by atoms with Crippen LogP contribution in [0.25, 0.3) is 0 Å². The van der Waals surface area contributed by atoms with E-state index in [4.69, 9.17) is 5.73 Å². The summed E-state index contributed by atoms with van der Waals surface area (Å²) < 4.78 is 0.979. The zero-order valence-electron chi connectivity index (χ0n) is 15.1. The first kappa shape index (κ1) is 15.9. The predicted octanol–water partition coefficient (Wildman–Crippen LogP) is 0.0871. The summed E-state index contributed by atoms with van der Waals surface area (Å²) in [5, 5.41) is 11.7. The van der Waals surface area contributed by atoms with Gasteiger partial charge in [0.15, 0.2) is 0 Å². The minimum absolute atomic E-state index is 0.178. The Labute approximate surface area is 151 Å². The van der Waals surface area contributed by atoms with Gasteiger partial charge in [0.2, 0.25) is 0 Å². The van der Waals surface area contributed by atoms with Gasteiger partial charge in [-0.25, -0.2) is 0 Å². The van der Waals surface area contributed by atoms with Crippen LogP contribution < -0.4 is 26.9 Å². The number of rotatable bonds is 3.